The zero-order chi connectivity index (χ0) is 28.7. The van der Waals surface area contributed by atoms with E-state index in [2.05, 4.69) is 15.5 Å². The fourth-order valence-corrected chi connectivity index (χ4v) is 5.87. The van der Waals surface area contributed by atoms with Crippen molar-refractivity contribution in [3.63, 3.8) is 0 Å². The van der Waals surface area contributed by atoms with Gasteiger partial charge in [-0.25, -0.2) is 9.37 Å². The van der Waals surface area contributed by atoms with E-state index in [-0.39, 0.29) is 23.4 Å². The monoisotopic (exact) mass is 573 g/mol. The first kappa shape index (κ1) is 27.0. The second kappa shape index (κ2) is 10.6. The minimum atomic E-state index is -1.04. The van der Waals surface area contributed by atoms with Gasteiger partial charge in [0, 0.05) is 41.3 Å². The van der Waals surface area contributed by atoms with Crippen molar-refractivity contribution in [2.45, 2.75) is 26.7 Å². The molecule has 0 bridgehead atoms. The molecule has 2 amide bonds. The van der Waals surface area contributed by atoms with Crippen molar-refractivity contribution in [3.8, 4) is 22.9 Å². The van der Waals surface area contributed by atoms with Crippen molar-refractivity contribution in [2.75, 3.05) is 31.6 Å². The largest absolute Gasteiger partial charge is 0.435 e. The van der Waals surface area contributed by atoms with Gasteiger partial charge in [0.15, 0.2) is 11.6 Å². The number of fused-ring (bicyclic) bond motifs is 2. The molecule has 1 N–H and O–H groups in total. The Morgan fingerprint density at radius 2 is 1.78 bits per heavy atom. The number of hydrogen-bond acceptors (Lipinski definition) is 8. The van der Waals surface area contributed by atoms with Gasteiger partial charge in [-0.1, -0.05) is 55.5 Å². The second-order valence-corrected chi connectivity index (χ2v) is 11.7. The number of hydrogen-bond donors (Lipinski definition) is 1. The molecule has 210 valence electrons. The van der Waals surface area contributed by atoms with Crippen LogP contribution in [0.4, 0.5) is 9.52 Å². The Labute approximate surface area is 240 Å². The number of aromatic nitrogens is 3. The number of anilines is 1. The van der Waals surface area contributed by atoms with Crippen LogP contribution in [0.5, 0.6) is 11.6 Å². The van der Waals surface area contributed by atoms with Crippen molar-refractivity contribution >= 4 is 28.3 Å². The molecule has 2 aliphatic heterocycles. The predicted molar refractivity (Wildman–Crippen MR) is 152 cm³/mol. The van der Waals surface area contributed by atoms with Gasteiger partial charge in [-0.15, -0.1) is 10.2 Å². The van der Waals surface area contributed by atoms with E-state index in [0.717, 1.165) is 10.6 Å². The Morgan fingerprint density at radius 1 is 1.02 bits per heavy atom. The summed E-state index contributed by atoms with van der Waals surface area (Å²) in [5.41, 5.74) is 2.14. The maximum Gasteiger partial charge on any atom is 0.254 e. The van der Waals surface area contributed by atoms with E-state index >= 15 is 4.39 Å². The number of ether oxygens (including phenoxy) is 2. The minimum Gasteiger partial charge on any atom is -0.435 e. The van der Waals surface area contributed by atoms with Crippen LogP contribution < -0.4 is 10.1 Å². The fourth-order valence-electron chi connectivity index (χ4n) is 5.28. The Hall–Kier alpha value is -4.22. The number of aryl methyl sites for hydroxylation is 1. The average Bonchev–Trinajstić information content (AvgIpc) is 3.40. The molecule has 1 unspecified atom stereocenters. The van der Waals surface area contributed by atoms with Gasteiger partial charge in [-0.3, -0.25) is 9.59 Å². The first-order valence-electron chi connectivity index (χ1n) is 13.3. The van der Waals surface area contributed by atoms with E-state index in [1.807, 2.05) is 45.0 Å². The smallest absolute Gasteiger partial charge is 0.254 e. The quantitative estimate of drug-likeness (QED) is 0.340. The number of benzene rings is 2. The molecule has 2 aromatic heterocycles. The van der Waals surface area contributed by atoms with Gasteiger partial charge in [0.2, 0.25) is 16.9 Å². The van der Waals surface area contributed by atoms with Crippen LogP contribution in [0.1, 0.15) is 46.3 Å². The Balaban J connectivity index is 1.33. The SMILES string of the molecule is Cc1nnc(NC(=O)C(C)(C)C2c3ccc(-c4ccc(C(=O)N5CCOCC5)cc4)nc3Oc3c(F)cccc32)s1. The molecule has 2 aromatic carbocycles. The number of para-hydroxylation sites is 1. The third-order valence-electron chi connectivity index (χ3n) is 7.49. The standard InChI is InChI=1S/C30H28FN5O4S/c1-17-34-35-29(41-17)33-28(38)30(2,3)24-20-5-4-6-22(31)25(20)40-26-21(24)11-12-23(32-26)18-7-9-19(10-8-18)27(37)36-13-15-39-16-14-36/h4-12,24H,13-16H2,1-3H3,(H,33,35,38). The predicted octanol–water partition coefficient (Wildman–Crippen LogP) is 5.42. The molecule has 0 saturated carbocycles. The van der Waals surface area contributed by atoms with Gasteiger partial charge >= 0.3 is 0 Å². The minimum absolute atomic E-state index is 0.0410. The van der Waals surface area contributed by atoms with E-state index in [0.29, 0.717) is 53.8 Å². The molecule has 41 heavy (non-hydrogen) atoms. The van der Waals surface area contributed by atoms with Crippen LogP contribution in [0.3, 0.4) is 0 Å². The number of carbonyl (C=O) groups excluding carboxylic acids is 2. The number of amides is 2. The summed E-state index contributed by atoms with van der Waals surface area (Å²) >= 11 is 1.28. The summed E-state index contributed by atoms with van der Waals surface area (Å²) in [5.74, 6) is -1.14. The Bertz CT molecular complexity index is 1630. The van der Waals surface area contributed by atoms with E-state index in [4.69, 9.17) is 14.5 Å². The summed E-state index contributed by atoms with van der Waals surface area (Å²) in [4.78, 5) is 32.9. The molecule has 2 aliphatic rings. The summed E-state index contributed by atoms with van der Waals surface area (Å²) < 4.78 is 26.4. The third kappa shape index (κ3) is 5.07. The summed E-state index contributed by atoms with van der Waals surface area (Å²) in [6.07, 6.45) is 0. The number of halogens is 1. The maximum atomic E-state index is 15.1. The van der Waals surface area contributed by atoms with Crippen molar-refractivity contribution in [1.29, 1.82) is 0 Å². The van der Waals surface area contributed by atoms with E-state index < -0.39 is 17.2 Å². The summed E-state index contributed by atoms with van der Waals surface area (Å²) in [5, 5.41) is 12.0. The lowest BCUT2D eigenvalue weighted by Gasteiger charge is -2.37. The highest BCUT2D eigenvalue weighted by atomic mass is 32.1. The molecular weight excluding hydrogens is 545 g/mol. The molecule has 1 atom stereocenters. The summed E-state index contributed by atoms with van der Waals surface area (Å²) in [7, 11) is 0. The molecule has 4 heterocycles. The van der Waals surface area contributed by atoms with Crippen LogP contribution in [0.25, 0.3) is 11.3 Å². The van der Waals surface area contributed by atoms with Crippen molar-refractivity contribution in [3.05, 3.63) is 82.1 Å². The highest BCUT2D eigenvalue weighted by Gasteiger charge is 2.45. The Morgan fingerprint density at radius 3 is 2.49 bits per heavy atom. The zero-order valence-electron chi connectivity index (χ0n) is 22.8. The van der Waals surface area contributed by atoms with Crippen LogP contribution in [-0.2, 0) is 9.53 Å². The lowest BCUT2D eigenvalue weighted by Crippen LogP contribution is -2.40. The lowest BCUT2D eigenvalue weighted by atomic mass is 9.69. The van der Waals surface area contributed by atoms with Gasteiger partial charge in [0.25, 0.3) is 5.91 Å². The first-order chi connectivity index (χ1) is 19.7. The average molecular weight is 574 g/mol. The van der Waals surface area contributed by atoms with Gasteiger partial charge in [0.05, 0.1) is 24.3 Å². The van der Waals surface area contributed by atoms with Crippen molar-refractivity contribution in [2.24, 2.45) is 5.41 Å². The molecule has 9 nitrogen and oxygen atoms in total. The molecule has 11 heteroatoms. The van der Waals surface area contributed by atoms with Crippen LogP contribution in [0, 0.1) is 18.2 Å². The second-order valence-electron chi connectivity index (χ2n) is 10.6. The topological polar surface area (TPSA) is 107 Å². The fraction of sp³-hybridized carbons (Fsp3) is 0.300. The maximum absolute atomic E-state index is 15.1. The van der Waals surface area contributed by atoms with Crippen LogP contribution >= 0.6 is 11.3 Å². The van der Waals surface area contributed by atoms with Crippen LogP contribution in [0.15, 0.2) is 54.6 Å². The molecule has 0 radical (unpaired) electrons. The summed E-state index contributed by atoms with van der Waals surface area (Å²) in [6.45, 7) is 7.63. The molecule has 6 rings (SSSR count). The number of carbonyl (C=O) groups is 2. The molecule has 0 spiro atoms. The number of rotatable bonds is 5. The zero-order valence-corrected chi connectivity index (χ0v) is 23.6. The van der Waals surface area contributed by atoms with E-state index in [1.54, 1.807) is 29.2 Å². The number of morpholine rings is 1. The molecule has 1 saturated heterocycles. The van der Waals surface area contributed by atoms with Gasteiger partial charge in [0.1, 0.15) is 5.01 Å². The molecule has 0 aliphatic carbocycles. The number of pyridine rings is 1. The molecule has 1 fully saturated rings. The van der Waals surface area contributed by atoms with Gasteiger partial charge < -0.3 is 19.7 Å². The van der Waals surface area contributed by atoms with Crippen molar-refractivity contribution in [1.82, 2.24) is 20.1 Å². The van der Waals surface area contributed by atoms with Crippen LogP contribution in [0.2, 0.25) is 0 Å². The molecular formula is C30H28FN5O4S. The van der Waals surface area contributed by atoms with E-state index in [9.17, 15) is 9.59 Å². The lowest BCUT2D eigenvalue weighted by molar-refractivity contribution is -0.124. The Kier molecular flexibility index (Phi) is 7.00. The first-order valence-corrected chi connectivity index (χ1v) is 14.1. The highest BCUT2D eigenvalue weighted by Crippen LogP contribution is 2.52. The van der Waals surface area contributed by atoms with Gasteiger partial charge in [-0.05, 0) is 31.2 Å². The third-order valence-corrected chi connectivity index (χ3v) is 8.24. The van der Waals surface area contributed by atoms with Crippen LogP contribution in [-0.4, -0.2) is 58.2 Å². The molecule has 4 aromatic rings. The van der Waals surface area contributed by atoms with E-state index in [1.165, 1.54) is 17.4 Å². The van der Waals surface area contributed by atoms with Gasteiger partial charge in [-0.2, -0.15) is 0 Å². The van der Waals surface area contributed by atoms with Crippen molar-refractivity contribution < 1.29 is 23.5 Å². The summed E-state index contributed by atoms with van der Waals surface area (Å²) in [6, 6.07) is 15.6. The highest BCUT2D eigenvalue weighted by molar-refractivity contribution is 7.15. The normalized spacial score (nSPS) is 16.4. The number of nitrogens with one attached hydrogen (secondary N) is 1. The number of nitrogens with zero attached hydrogens (tertiary/aromatic N) is 4.